The van der Waals surface area contributed by atoms with Gasteiger partial charge < -0.3 is 14.8 Å². The van der Waals surface area contributed by atoms with Crippen LogP contribution in [0.1, 0.15) is 39.5 Å². The second kappa shape index (κ2) is 8.25. The van der Waals surface area contributed by atoms with E-state index in [4.69, 9.17) is 9.52 Å². The second-order valence-corrected chi connectivity index (χ2v) is 7.10. The fourth-order valence-corrected chi connectivity index (χ4v) is 2.55. The minimum atomic E-state index is -0.375. The molecular formula is C19H25FN2O3. The fraction of sp³-hybridized carbons (Fsp3) is 0.474. The van der Waals surface area contributed by atoms with Crippen LogP contribution >= 0.6 is 0 Å². The predicted molar refractivity (Wildman–Crippen MR) is 93.3 cm³/mol. The number of aliphatic hydroxyl groups is 1. The van der Waals surface area contributed by atoms with Gasteiger partial charge in [0.1, 0.15) is 5.82 Å². The molecule has 0 fully saturated rings. The Kier molecular flexibility index (Phi) is 6.31. The summed E-state index contributed by atoms with van der Waals surface area (Å²) in [6, 6.07) is 6.21. The van der Waals surface area contributed by atoms with E-state index in [1.807, 2.05) is 20.8 Å². The van der Waals surface area contributed by atoms with Crippen LogP contribution in [0, 0.1) is 11.2 Å². The zero-order valence-electron chi connectivity index (χ0n) is 14.9. The van der Waals surface area contributed by atoms with E-state index in [2.05, 4.69) is 10.3 Å². The van der Waals surface area contributed by atoms with Gasteiger partial charge in [0.25, 0.3) is 0 Å². The molecule has 2 rings (SSSR count). The summed E-state index contributed by atoms with van der Waals surface area (Å²) in [5, 5.41) is 12.1. The zero-order chi connectivity index (χ0) is 18.4. The van der Waals surface area contributed by atoms with Crippen molar-refractivity contribution in [3.8, 4) is 11.3 Å². The van der Waals surface area contributed by atoms with Gasteiger partial charge in [-0.2, -0.15) is 0 Å². The number of aliphatic hydroxyl groups excluding tert-OH is 1. The van der Waals surface area contributed by atoms with E-state index in [9.17, 15) is 9.18 Å². The van der Waals surface area contributed by atoms with Gasteiger partial charge in [-0.15, -0.1) is 0 Å². The number of halogens is 1. The molecule has 5 nitrogen and oxygen atoms in total. The van der Waals surface area contributed by atoms with Crippen molar-refractivity contribution < 1.29 is 18.7 Å². The van der Waals surface area contributed by atoms with Gasteiger partial charge >= 0.3 is 0 Å². The Hall–Kier alpha value is -2.21. The maximum absolute atomic E-state index is 13.8. The predicted octanol–water partition coefficient (Wildman–Crippen LogP) is 3.33. The molecule has 0 aliphatic rings. The molecule has 2 aromatic rings. The minimum Gasteiger partial charge on any atom is -0.441 e. The summed E-state index contributed by atoms with van der Waals surface area (Å²) in [4.78, 5) is 16.3. The van der Waals surface area contributed by atoms with Crippen LogP contribution in [-0.4, -0.2) is 28.6 Å². The number of nitrogens with one attached hydrogen (secondary N) is 1. The maximum Gasteiger partial charge on any atom is 0.220 e. The molecular weight excluding hydrogens is 323 g/mol. The van der Waals surface area contributed by atoms with Crippen molar-refractivity contribution in [1.29, 1.82) is 0 Å². The molecule has 1 aromatic heterocycles. The second-order valence-electron chi connectivity index (χ2n) is 7.10. The summed E-state index contributed by atoms with van der Waals surface area (Å²) in [7, 11) is 0. The lowest BCUT2D eigenvalue weighted by Gasteiger charge is -2.31. The van der Waals surface area contributed by atoms with E-state index < -0.39 is 0 Å². The highest BCUT2D eigenvalue weighted by molar-refractivity contribution is 5.76. The molecule has 0 bridgehead atoms. The first kappa shape index (κ1) is 19.1. The monoisotopic (exact) mass is 348 g/mol. The van der Waals surface area contributed by atoms with E-state index in [1.165, 1.54) is 12.3 Å². The Bertz CT molecular complexity index is 707. The molecule has 1 aromatic carbocycles. The van der Waals surface area contributed by atoms with Gasteiger partial charge in [-0.05, 0) is 24.0 Å². The first-order valence-electron chi connectivity index (χ1n) is 8.41. The number of aryl methyl sites for hydroxylation is 1. The number of carbonyl (C=O) groups is 1. The number of hydrogen-bond donors (Lipinski definition) is 2. The molecule has 0 saturated carbocycles. The van der Waals surface area contributed by atoms with Gasteiger partial charge in [-0.25, -0.2) is 9.37 Å². The average molecular weight is 348 g/mol. The minimum absolute atomic E-state index is 0.0218. The normalized spacial score (nSPS) is 12.8. The molecule has 136 valence electrons. The number of aromatic nitrogens is 1. The van der Waals surface area contributed by atoms with Crippen LogP contribution in [0.3, 0.4) is 0 Å². The van der Waals surface area contributed by atoms with Crippen molar-refractivity contribution >= 4 is 5.91 Å². The molecule has 2 N–H and O–H groups in total. The maximum atomic E-state index is 13.8. The van der Waals surface area contributed by atoms with Gasteiger partial charge in [-0.1, -0.05) is 32.9 Å². The van der Waals surface area contributed by atoms with Gasteiger partial charge in [0, 0.05) is 25.5 Å². The molecule has 1 unspecified atom stereocenters. The van der Waals surface area contributed by atoms with Crippen molar-refractivity contribution in [2.24, 2.45) is 5.41 Å². The highest BCUT2D eigenvalue weighted by Crippen LogP contribution is 2.24. The summed E-state index contributed by atoms with van der Waals surface area (Å²) in [6.45, 7) is 6.07. The summed E-state index contributed by atoms with van der Waals surface area (Å²) in [5.74, 6) is 0.239. The van der Waals surface area contributed by atoms with Crippen LogP contribution in [0.25, 0.3) is 11.3 Å². The van der Waals surface area contributed by atoms with Crippen molar-refractivity contribution in [2.45, 2.75) is 46.1 Å². The number of oxazole rings is 1. The molecule has 1 atom stereocenters. The van der Waals surface area contributed by atoms with Crippen molar-refractivity contribution in [3.05, 3.63) is 42.2 Å². The molecule has 0 saturated heterocycles. The Morgan fingerprint density at radius 2 is 2.08 bits per heavy atom. The number of rotatable bonds is 7. The molecule has 25 heavy (non-hydrogen) atoms. The molecule has 1 amide bonds. The summed E-state index contributed by atoms with van der Waals surface area (Å²) in [6.07, 6.45) is 2.52. The third-order valence-electron chi connectivity index (χ3n) is 4.06. The van der Waals surface area contributed by atoms with E-state index >= 15 is 0 Å². The van der Waals surface area contributed by atoms with Gasteiger partial charge in [0.2, 0.25) is 5.91 Å². The standard InChI is InChI=1S/C19H25FN2O3/c1-19(2,3)16(10-11-23)22-17(24)8-9-18-21-12-15(25-18)13-6-4-5-7-14(13)20/h4-7,12,16,23H,8-11H2,1-3H3,(H,22,24). The van der Waals surface area contributed by atoms with Crippen molar-refractivity contribution in [3.63, 3.8) is 0 Å². The lowest BCUT2D eigenvalue weighted by molar-refractivity contribution is -0.122. The molecule has 0 spiro atoms. The first-order chi connectivity index (χ1) is 11.8. The van der Waals surface area contributed by atoms with Crippen LogP contribution in [0.15, 0.2) is 34.9 Å². The van der Waals surface area contributed by atoms with Gasteiger partial charge in [-0.3, -0.25) is 4.79 Å². The quantitative estimate of drug-likeness (QED) is 0.805. The smallest absolute Gasteiger partial charge is 0.220 e. The SMILES string of the molecule is CC(C)(C)C(CCO)NC(=O)CCc1ncc(-c2ccccc2F)o1. The highest BCUT2D eigenvalue weighted by atomic mass is 19.1. The molecule has 1 heterocycles. The highest BCUT2D eigenvalue weighted by Gasteiger charge is 2.25. The van der Waals surface area contributed by atoms with Gasteiger partial charge in [0.05, 0.1) is 11.8 Å². The average Bonchev–Trinajstić information content (AvgIpc) is 3.01. The number of carbonyl (C=O) groups excluding carboxylic acids is 1. The molecule has 0 aliphatic carbocycles. The Morgan fingerprint density at radius 1 is 1.36 bits per heavy atom. The fourth-order valence-electron chi connectivity index (χ4n) is 2.55. The number of nitrogens with zero attached hydrogens (tertiary/aromatic N) is 1. The van der Waals surface area contributed by atoms with E-state index in [0.717, 1.165) is 0 Å². The number of benzene rings is 1. The third-order valence-corrected chi connectivity index (χ3v) is 4.06. The first-order valence-corrected chi connectivity index (χ1v) is 8.41. The Morgan fingerprint density at radius 3 is 2.72 bits per heavy atom. The summed E-state index contributed by atoms with van der Waals surface area (Å²) >= 11 is 0. The summed E-state index contributed by atoms with van der Waals surface area (Å²) < 4.78 is 19.3. The van der Waals surface area contributed by atoms with E-state index in [-0.39, 0.29) is 36.2 Å². The van der Waals surface area contributed by atoms with Crippen molar-refractivity contribution in [1.82, 2.24) is 10.3 Å². The van der Waals surface area contributed by atoms with Gasteiger partial charge in [0.15, 0.2) is 11.7 Å². The van der Waals surface area contributed by atoms with E-state index in [0.29, 0.717) is 30.1 Å². The lowest BCUT2D eigenvalue weighted by Crippen LogP contribution is -2.44. The van der Waals surface area contributed by atoms with Crippen molar-refractivity contribution in [2.75, 3.05) is 6.61 Å². The van der Waals surface area contributed by atoms with E-state index in [1.54, 1.807) is 18.2 Å². The molecule has 0 aliphatic heterocycles. The molecule has 6 heteroatoms. The Balaban J connectivity index is 1.93. The zero-order valence-corrected chi connectivity index (χ0v) is 14.9. The summed E-state index contributed by atoms with van der Waals surface area (Å²) in [5.41, 5.74) is 0.209. The van der Waals surface area contributed by atoms with Crippen LogP contribution in [-0.2, 0) is 11.2 Å². The third kappa shape index (κ3) is 5.39. The van der Waals surface area contributed by atoms with Crippen LogP contribution in [0.2, 0.25) is 0 Å². The van der Waals surface area contributed by atoms with Crippen LogP contribution in [0.4, 0.5) is 4.39 Å². The number of hydrogen-bond acceptors (Lipinski definition) is 4. The number of amides is 1. The van der Waals surface area contributed by atoms with Crippen LogP contribution < -0.4 is 5.32 Å². The van der Waals surface area contributed by atoms with Crippen LogP contribution in [0.5, 0.6) is 0 Å². The Labute approximate surface area is 147 Å². The molecule has 0 radical (unpaired) electrons. The topological polar surface area (TPSA) is 75.4 Å². The largest absolute Gasteiger partial charge is 0.441 e. The lowest BCUT2D eigenvalue weighted by atomic mass is 9.85.